The molecule has 1 atom stereocenters. The number of benzene rings is 4. The van der Waals surface area contributed by atoms with E-state index in [1.807, 2.05) is 24.3 Å². The zero-order chi connectivity index (χ0) is 27.4. The molecule has 1 unspecified atom stereocenters. The van der Waals surface area contributed by atoms with Crippen molar-refractivity contribution in [1.82, 2.24) is 0 Å². The van der Waals surface area contributed by atoms with E-state index in [0.29, 0.717) is 39.6 Å². The zero-order valence-corrected chi connectivity index (χ0v) is 22.9. The van der Waals surface area contributed by atoms with Crippen LogP contribution >= 0.6 is 0 Å². The summed E-state index contributed by atoms with van der Waals surface area (Å²) >= 11 is 0. The minimum atomic E-state index is 0.0650. The minimum Gasteiger partial charge on any atom is -0.491 e. The molecular weight excluding hydrogens is 500 g/mol. The Morgan fingerprint density at radius 2 is 1.27 bits per heavy atom. The molecule has 206 valence electrons. The van der Waals surface area contributed by atoms with Crippen LogP contribution in [0.25, 0.3) is 11.1 Å². The molecule has 5 rings (SSSR count). The van der Waals surface area contributed by atoms with Crippen molar-refractivity contribution in [1.29, 1.82) is 0 Å². The minimum absolute atomic E-state index is 0.0650. The molecule has 0 spiro atoms. The molecule has 0 radical (unpaired) electrons. The molecule has 4 aromatic rings. The lowest BCUT2D eigenvalue weighted by molar-refractivity contribution is 0.0179. The van der Waals surface area contributed by atoms with Crippen molar-refractivity contribution in [2.75, 3.05) is 51.8 Å². The van der Waals surface area contributed by atoms with Crippen molar-refractivity contribution in [3.05, 3.63) is 120 Å². The molecule has 0 fully saturated rings. The molecule has 0 amide bonds. The van der Waals surface area contributed by atoms with E-state index in [0.717, 1.165) is 34.7 Å². The summed E-state index contributed by atoms with van der Waals surface area (Å²) in [6.07, 6.45) is 0.801. The van der Waals surface area contributed by atoms with E-state index in [1.54, 1.807) is 7.11 Å². The average molecular weight is 537 g/mol. The third-order valence-electron chi connectivity index (χ3n) is 6.80. The molecule has 0 saturated heterocycles. The number of rotatable bonds is 14. The number of hydrazone groups is 1. The molecule has 40 heavy (non-hydrogen) atoms. The first-order valence-corrected chi connectivity index (χ1v) is 13.8. The van der Waals surface area contributed by atoms with Gasteiger partial charge in [-0.2, -0.15) is 5.10 Å². The van der Waals surface area contributed by atoms with Crippen LogP contribution < -0.4 is 9.75 Å². The summed E-state index contributed by atoms with van der Waals surface area (Å²) in [6, 6.07) is 37.9. The molecule has 0 N–H and O–H groups in total. The van der Waals surface area contributed by atoms with Crippen molar-refractivity contribution >= 4 is 11.4 Å². The highest BCUT2D eigenvalue weighted by Crippen LogP contribution is 2.37. The van der Waals surface area contributed by atoms with Crippen LogP contribution in [0.3, 0.4) is 0 Å². The van der Waals surface area contributed by atoms with Crippen molar-refractivity contribution < 1.29 is 18.9 Å². The molecule has 4 aromatic carbocycles. The Morgan fingerprint density at radius 1 is 0.650 bits per heavy atom. The van der Waals surface area contributed by atoms with E-state index < -0.39 is 0 Å². The van der Waals surface area contributed by atoms with Gasteiger partial charge >= 0.3 is 0 Å². The van der Waals surface area contributed by atoms with Crippen LogP contribution in [0.2, 0.25) is 0 Å². The second-order valence-corrected chi connectivity index (χ2v) is 9.53. The van der Waals surface area contributed by atoms with E-state index in [2.05, 4.69) is 89.9 Å². The van der Waals surface area contributed by atoms with Crippen LogP contribution in [0.5, 0.6) is 5.75 Å². The summed E-state index contributed by atoms with van der Waals surface area (Å²) in [6.45, 7) is 3.23. The summed E-state index contributed by atoms with van der Waals surface area (Å²) in [5.41, 5.74) is 6.85. The molecule has 1 aliphatic heterocycles. The topological polar surface area (TPSA) is 52.5 Å². The smallest absolute Gasteiger partial charge is 0.119 e. The highest BCUT2D eigenvalue weighted by Gasteiger charge is 2.30. The average Bonchev–Trinajstić information content (AvgIpc) is 3.47. The summed E-state index contributed by atoms with van der Waals surface area (Å²) in [7, 11) is 1.66. The third-order valence-corrected chi connectivity index (χ3v) is 6.80. The van der Waals surface area contributed by atoms with Gasteiger partial charge < -0.3 is 18.9 Å². The third kappa shape index (κ3) is 7.36. The Kier molecular flexibility index (Phi) is 9.95. The largest absolute Gasteiger partial charge is 0.491 e. The monoisotopic (exact) mass is 536 g/mol. The number of ether oxygens (including phenoxy) is 4. The molecule has 6 heteroatoms. The van der Waals surface area contributed by atoms with Gasteiger partial charge in [0.2, 0.25) is 0 Å². The second kappa shape index (κ2) is 14.4. The zero-order valence-electron chi connectivity index (χ0n) is 22.9. The van der Waals surface area contributed by atoms with Crippen LogP contribution in [-0.4, -0.2) is 52.5 Å². The normalized spacial score (nSPS) is 14.8. The Bertz CT molecular complexity index is 1340. The van der Waals surface area contributed by atoms with E-state index in [-0.39, 0.29) is 6.04 Å². The Balaban J connectivity index is 1.25. The van der Waals surface area contributed by atoms with Crippen molar-refractivity contribution in [2.24, 2.45) is 5.10 Å². The van der Waals surface area contributed by atoms with E-state index in [1.165, 1.54) is 11.1 Å². The number of hydrogen-bond donors (Lipinski definition) is 0. The van der Waals surface area contributed by atoms with Crippen LogP contribution in [-0.2, 0) is 14.2 Å². The maximum absolute atomic E-state index is 6.02. The van der Waals surface area contributed by atoms with Crippen LogP contribution in [0.4, 0.5) is 5.69 Å². The van der Waals surface area contributed by atoms with Crippen LogP contribution in [0.15, 0.2) is 114 Å². The highest BCUT2D eigenvalue weighted by atomic mass is 16.6. The second-order valence-electron chi connectivity index (χ2n) is 9.53. The van der Waals surface area contributed by atoms with Gasteiger partial charge in [0.1, 0.15) is 12.4 Å². The molecular formula is C34H36N2O4. The quantitative estimate of drug-likeness (QED) is 0.167. The lowest BCUT2D eigenvalue weighted by Crippen LogP contribution is -2.18. The molecule has 0 saturated carbocycles. The lowest BCUT2D eigenvalue weighted by Gasteiger charge is -2.24. The highest BCUT2D eigenvalue weighted by molar-refractivity contribution is 6.03. The van der Waals surface area contributed by atoms with Crippen molar-refractivity contribution in [3.63, 3.8) is 0 Å². The molecule has 0 aliphatic carbocycles. The standard InChI is InChI=1S/C34H36N2O4/c1-37-19-20-38-21-22-39-23-24-40-32-14-8-11-30(25-32)34-26-33(35-36(34)31-12-6-3-7-13-31)29-17-15-28(16-18-29)27-9-4-2-5-10-27/h2-18,25,34H,19-24,26H2,1H3. The molecule has 6 nitrogen and oxygen atoms in total. The Morgan fingerprint density at radius 3 is 2.00 bits per heavy atom. The summed E-state index contributed by atoms with van der Waals surface area (Å²) in [4.78, 5) is 0. The maximum atomic E-state index is 6.02. The summed E-state index contributed by atoms with van der Waals surface area (Å²) < 4.78 is 22.0. The lowest BCUT2D eigenvalue weighted by atomic mass is 9.96. The van der Waals surface area contributed by atoms with Gasteiger partial charge in [-0.3, -0.25) is 5.01 Å². The van der Waals surface area contributed by atoms with E-state index in [9.17, 15) is 0 Å². The summed E-state index contributed by atoms with van der Waals surface area (Å²) in [5, 5.41) is 7.24. The summed E-state index contributed by atoms with van der Waals surface area (Å²) in [5.74, 6) is 0.825. The van der Waals surface area contributed by atoms with Gasteiger partial charge in [-0.25, -0.2) is 0 Å². The van der Waals surface area contributed by atoms with Crippen LogP contribution in [0.1, 0.15) is 23.6 Å². The Labute approximate surface area is 236 Å². The molecule has 1 aliphatic rings. The predicted molar refractivity (Wildman–Crippen MR) is 160 cm³/mol. The molecule has 0 aromatic heterocycles. The number of methoxy groups -OCH3 is 1. The predicted octanol–water partition coefficient (Wildman–Crippen LogP) is 6.77. The van der Waals surface area contributed by atoms with E-state index >= 15 is 0 Å². The molecule has 1 heterocycles. The van der Waals surface area contributed by atoms with Crippen molar-refractivity contribution in [2.45, 2.75) is 12.5 Å². The SMILES string of the molecule is COCCOCCOCCOc1cccc(C2CC(c3ccc(-c4ccccc4)cc3)=NN2c2ccccc2)c1. The van der Waals surface area contributed by atoms with Gasteiger partial charge in [-0.05, 0) is 46.5 Å². The fourth-order valence-corrected chi connectivity index (χ4v) is 4.74. The fraction of sp³-hybridized carbons (Fsp3) is 0.265. The van der Waals surface area contributed by atoms with Crippen molar-refractivity contribution in [3.8, 4) is 16.9 Å². The number of hydrogen-bond acceptors (Lipinski definition) is 6. The molecule has 0 bridgehead atoms. The first-order valence-electron chi connectivity index (χ1n) is 13.8. The first kappa shape index (κ1) is 27.6. The van der Waals surface area contributed by atoms with Gasteiger partial charge in [-0.1, -0.05) is 84.9 Å². The number of anilines is 1. The fourth-order valence-electron chi connectivity index (χ4n) is 4.74. The van der Waals surface area contributed by atoms with Gasteiger partial charge in [-0.15, -0.1) is 0 Å². The van der Waals surface area contributed by atoms with Gasteiger partial charge in [0.15, 0.2) is 0 Å². The number of nitrogens with zero attached hydrogens (tertiary/aromatic N) is 2. The Hall–Kier alpha value is -3.97. The number of para-hydroxylation sites is 1. The van der Waals surface area contributed by atoms with Gasteiger partial charge in [0, 0.05) is 13.5 Å². The maximum Gasteiger partial charge on any atom is 0.119 e. The van der Waals surface area contributed by atoms with Gasteiger partial charge in [0.25, 0.3) is 0 Å². The van der Waals surface area contributed by atoms with Gasteiger partial charge in [0.05, 0.1) is 50.5 Å². The first-order chi connectivity index (χ1) is 19.8. The van der Waals surface area contributed by atoms with E-state index in [4.69, 9.17) is 24.0 Å². The van der Waals surface area contributed by atoms with Crippen LogP contribution in [0, 0.1) is 0 Å².